The summed E-state index contributed by atoms with van der Waals surface area (Å²) in [6, 6.07) is 17.3. The highest BCUT2D eigenvalue weighted by Gasteiger charge is 2.11. The molecule has 0 aliphatic heterocycles. The summed E-state index contributed by atoms with van der Waals surface area (Å²) in [6.45, 7) is 3.01. The van der Waals surface area contributed by atoms with Crippen molar-refractivity contribution in [1.29, 1.82) is 5.26 Å². The third kappa shape index (κ3) is 4.41. The van der Waals surface area contributed by atoms with Crippen LogP contribution in [0.1, 0.15) is 24.8 Å². The molecule has 0 aliphatic carbocycles. The number of hydrogen-bond donors (Lipinski definition) is 0. The molecule has 0 amide bonds. The van der Waals surface area contributed by atoms with E-state index in [1.807, 2.05) is 49.4 Å². The van der Waals surface area contributed by atoms with Crippen molar-refractivity contribution in [3.63, 3.8) is 0 Å². The summed E-state index contributed by atoms with van der Waals surface area (Å²) in [5.74, 6) is 1.25. The Morgan fingerprint density at radius 2 is 1.82 bits per heavy atom. The molecule has 0 saturated heterocycles. The van der Waals surface area contributed by atoms with E-state index in [0.717, 1.165) is 11.3 Å². The number of nitrogens with zero attached hydrogens (tertiary/aromatic N) is 1. The molecule has 0 fully saturated rings. The largest absolute Gasteiger partial charge is 0.494 e. The van der Waals surface area contributed by atoms with Crippen LogP contribution in [0.5, 0.6) is 11.5 Å². The van der Waals surface area contributed by atoms with Crippen molar-refractivity contribution in [3.05, 3.63) is 59.1 Å². The van der Waals surface area contributed by atoms with E-state index in [2.05, 4.69) is 6.07 Å². The van der Waals surface area contributed by atoms with Crippen LogP contribution < -0.4 is 9.47 Å². The van der Waals surface area contributed by atoms with Gasteiger partial charge in [0.2, 0.25) is 0 Å². The third-order valence-corrected chi connectivity index (χ3v) is 3.56. The number of nitriles is 1. The minimum Gasteiger partial charge on any atom is -0.494 e. The molecule has 22 heavy (non-hydrogen) atoms. The smallest absolute Gasteiger partial charge is 0.137 e. The second kappa shape index (κ2) is 8.31. The van der Waals surface area contributed by atoms with Gasteiger partial charge in [0.25, 0.3) is 0 Å². The van der Waals surface area contributed by atoms with Crippen LogP contribution in [0, 0.1) is 11.3 Å². The first-order valence-electron chi connectivity index (χ1n) is 7.24. The predicted octanol–water partition coefficient (Wildman–Crippen LogP) is 4.81. The lowest BCUT2D eigenvalue weighted by molar-refractivity contribution is 0.306. The number of ether oxygens (including phenoxy) is 2. The first kappa shape index (κ1) is 16.2. The minimum absolute atomic E-state index is 0.210. The van der Waals surface area contributed by atoms with Gasteiger partial charge in [0.15, 0.2) is 0 Å². The number of hydrogen-bond acceptors (Lipinski definition) is 3. The molecule has 1 atom stereocenters. The van der Waals surface area contributed by atoms with Crippen LogP contribution in [0.3, 0.4) is 0 Å². The van der Waals surface area contributed by atoms with Gasteiger partial charge in [-0.05, 0) is 36.8 Å². The van der Waals surface area contributed by atoms with Gasteiger partial charge in [-0.2, -0.15) is 5.26 Å². The first-order chi connectivity index (χ1) is 10.7. The van der Waals surface area contributed by atoms with Crippen LogP contribution >= 0.6 is 11.6 Å². The molecule has 0 aliphatic rings. The molecule has 0 bridgehead atoms. The number of rotatable bonds is 7. The summed E-state index contributed by atoms with van der Waals surface area (Å²) >= 11 is 6.03. The Bertz CT molecular complexity index is 634. The summed E-state index contributed by atoms with van der Waals surface area (Å²) in [5, 5.41) is 9.92. The molecule has 0 N–H and O–H groups in total. The van der Waals surface area contributed by atoms with Crippen LogP contribution in [-0.2, 0) is 0 Å². The molecule has 1 unspecified atom stereocenters. The molecule has 0 heterocycles. The quantitative estimate of drug-likeness (QED) is 0.736. The van der Waals surface area contributed by atoms with Gasteiger partial charge in [0.1, 0.15) is 11.5 Å². The van der Waals surface area contributed by atoms with E-state index < -0.39 is 0 Å². The summed E-state index contributed by atoms with van der Waals surface area (Å²) < 4.78 is 11.0. The normalized spacial score (nSPS) is 11.5. The van der Waals surface area contributed by atoms with Gasteiger partial charge in [0, 0.05) is 6.42 Å². The molecule has 0 saturated carbocycles. The molecule has 4 heteroatoms. The van der Waals surface area contributed by atoms with Crippen LogP contribution in [0.25, 0.3) is 0 Å². The van der Waals surface area contributed by atoms with Crippen molar-refractivity contribution < 1.29 is 9.47 Å². The lowest BCUT2D eigenvalue weighted by atomic mass is 9.97. The molecule has 114 valence electrons. The second-order valence-electron chi connectivity index (χ2n) is 4.75. The van der Waals surface area contributed by atoms with Crippen molar-refractivity contribution in [3.8, 4) is 17.6 Å². The van der Waals surface area contributed by atoms with Crippen molar-refractivity contribution in [2.45, 2.75) is 19.3 Å². The van der Waals surface area contributed by atoms with Gasteiger partial charge in [-0.3, -0.25) is 0 Å². The molecular formula is C18H18ClNO2. The van der Waals surface area contributed by atoms with Gasteiger partial charge in [0.05, 0.1) is 30.2 Å². The molecule has 2 rings (SSSR count). The summed E-state index contributed by atoms with van der Waals surface area (Å²) in [5.41, 5.74) is 0.966. The zero-order valence-electron chi connectivity index (χ0n) is 12.5. The Morgan fingerprint density at radius 1 is 1.09 bits per heavy atom. The SMILES string of the molecule is CCOc1ccc(C(C#N)CCOc2ccccc2Cl)cc1. The third-order valence-electron chi connectivity index (χ3n) is 3.25. The summed E-state index contributed by atoms with van der Waals surface area (Å²) in [6.07, 6.45) is 0.607. The maximum Gasteiger partial charge on any atom is 0.137 e. The number of para-hydroxylation sites is 1. The Morgan fingerprint density at radius 3 is 2.45 bits per heavy atom. The highest BCUT2D eigenvalue weighted by Crippen LogP contribution is 2.25. The van der Waals surface area contributed by atoms with E-state index in [9.17, 15) is 5.26 Å². The van der Waals surface area contributed by atoms with Crippen LogP contribution in [0.4, 0.5) is 0 Å². The van der Waals surface area contributed by atoms with Crippen molar-refractivity contribution in [2.75, 3.05) is 13.2 Å². The first-order valence-corrected chi connectivity index (χ1v) is 7.62. The fourth-order valence-electron chi connectivity index (χ4n) is 2.12. The zero-order valence-corrected chi connectivity index (χ0v) is 13.2. The Labute approximate surface area is 136 Å². The molecule has 2 aromatic carbocycles. The van der Waals surface area contributed by atoms with E-state index >= 15 is 0 Å². The molecule has 0 aromatic heterocycles. The average molecular weight is 316 g/mol. The van der Waals surface area contributed by atoms with E-state index in [1.165, 1.54) is 0 Å². The molecule has 2 aromatic rings. The fraction of sp³-hybridized carbons (Fsp3) is 0.278. The Balaban J connectivity index is 1.92. The minimum atomic E-state index is -0.210. The topological polar surface area (TPSA) is 42.2 Å². The lowest BCUT2D eigenvalue weighted by Gasteiger charge is -2.12. The van der Waals surface area contributed by atoms with Crippen molar-refractivity contribution >= 4 is 11.6 Å². The van der Waals surface area contributed by atoms with E-state index in [1.54, 1.807) is 6.07 Å². The van der Waals surface area contributed by atoms with Gasteiger partial charge in [-0.1, -0.05) is 35.9 Å². The van der Waals surface area contributed by atoms with Crippen molar-refractivity contribution in [1.82, 2.24) is 0 Å². The second-order valence-corrected chi connectivity index (χ2v) is 5.16. The summed E-state index contributed by atoms with van der Waals surface area (Å²) in [4.78, 5) is 0. The van der Waals surface area contributed by atoms with Crippen LogP contribution in [0.2, 0.25) is 5.02 Å². The van der Waals surface area contributed by atoms with Crippen molar-refractivity contribution in [2.24, 2.45) is 0 Å². The van der Waals surface area contributed by atoms with E-state index in [4.69, 9.17) is 21.1 Å². The molecule has 3 nitrogen and oxygen atoms in total. The Kier molecular flexibility index (Phi) is 6.12. The highest BCUT2D eigenvalue weighted by atomic mass is 35.5. The number of benzene rings is 2. The van der Waals surface area contributed by atoms with Crippen LogP contribution in [0.15, 0.2) is 48.5 Å². The molecular weight excluding hydrogens is 298 g/mol. The average Bonchev–Trinajstić information content (AvgIpc) is 2.54. The molecule has 0 radical (unpaired) electrons. The monoisotopic (exact) mass is 315 g/mol. The van der Waals surface area contributed by atoms with Gasteiger partial charge >= 0.3 is 0 Å². The lowest BCUT2D eigenvalue weighted by Crippen LogP contribution is -2.05. The fourth-order valence-corrected chi connectivity index (χ4v) is 2.31. The van der Waals surface area contributed by atoms with Crippen LogP contribution in [-0.4, -0.2) is 13.2 Å². The standard InChI is InChI=1S/C18H18ClNO2/c1-2-21-16-9-7-14(8-10-16)15(13-20)11-12-22-18-6-4-3-5-17(18)19/h3-10,15H,2,11-12H2,1H3. The highest BCUT2D eigenvalue weighted by molar-refractivity contribution is 6.32. The maximum atomic E-state index is 9.34. The van der Waals surface area contributed by atoms with Gasteiger partial charge < -0.3 is 9.47 Å². The zero-order chi connectivity index (χ0) is 15.8. The van der Waals surface area contributed by atoms with Gasteiger partial charge in [-0.15, -0.1) is 0 Å². The summed E-state index contributed by atoms with van der Waals surface area (Å²) in [7, 11) is 0. The molecule has 0 spiro atoms. The number of halogens is 1. The van der Waals surface area contributed by atoms with Gasteiger partial charge in [-0.25, -0.2) is 0 Å². The Hall–Kier alpha value is -2.18. The van der Waals surface area contributed by atoms with E-state index in [-0.39, 0.29) is 5.92 Å². The predicted molar refractivity (Wildman–Crippen MR) is 87.5 cm³/mol. The maximum absolute atomic E-state index is 9.34. The van der Waals surface area contributed by atoms with E-state index in [0.29, 0.717) is 30.4 Å².